The van der Waals surface area contributed by atoms with Crippen LogP contribution in [0.1, 0.15) is 11.1 Å². The van der Waals surface area contributed by atoms with E-state index in [1.807, 2.05) is 0 Å². The van der Waals surface area contributed by atoms with Crippen LogP contribution >= 0.6 is 0 Å². The number of carboxylic acid groups (broad SMARTS) is 1. The number of phenols is 3. The minimum absolute atomic E-state index is 0.253. The van der Waals surface area contributed by atoms with Gasteiger partial charge in [-0.25, -0.2) is 0 Å². The second-order valence-corrected chi connectivity index (χ2v) is 2.95. The third kappa shape index (κ3) is 1.71. The molecule has 1 aromatic rings. The molecule has 4 N–H and O–H groups in total. The molecule has 0 amide bonds. The largest absolute Gasteiger partial charge is 0.504 e. The van der Waals surface area contributed by atoms with Crippen molar-refractivity contribution < 1.29 is 25.2 Å². The third-order valence-electron chi connectivity index (χ3n) is 1.96. The zero-order valence-electron chi connectivity index (χ0n) is 7.48. The first-order chi connectivity index (χ1) is 6.43. The number of aromatic hydroxyl groups is 3. The van der Waals surface area contributed by atoms with E-state index in [2.05, 4.69) is 0 Å². The summed E-state index contributed by atoms with van der Waals surface area (Å²) in [6.45, 7) is 1.47. The molecule has 14 heavy (non-hydrogen) atoms. The zero-order chi connectivity index (χ0) is 10.9. The first-order valence-electron chi connectivity index (χ1n) is 3.88. The lowest BCUT2D eigenvalue weighted by Crippen LogP contribution is -2.02. The van der Waals surface area contributed by atoms with Crippen LogP contribution in [-0.4, -0.2) is 26.4 Å². The highest BCUT2D eigenvalue weighted by molar-refractivity contribution is 5.72. The Morgan fingerprint density at radius 2 is 1.86 bits per heavy atom. The SMILES string of the molecule is Cc1c(CC(=O)O)cc(O)c(O)c1O. The Bertz CT molecular complexity index is 383. The van der Waals surface area contributed by atoms with E-state index in [0.717, 1.165) is 6.07 Å². The summed E-state index contributed by atoms with van der Waals surface area (Å²) in [5, 5.41) is 36.0. The maximum Gasteiger partial charge on any atom is 0.307 e. The molecule has 0 heterocycles. The van der Waals surface area contributed by atoms with Crippen LogP contribution in [0, 0.1) is 6.92 Å². The molecule has 1 aromatic carbocycles. The average Bonchev–Trinajstić information content (AvgIpc) is 2.10. The molecule has 5 nitrogen and oxygen atoms in total. The van der Waals surface area contributed by atoms with Crippen LogP contribution in [0.2, 0.25) is 0 Å². The van der Waals surface area contributed by atoms with E-state index in [1.54, 1.807) is 0 Å². The van der Waals surface area contributed by atoms with Gasteiger partial charge in [0.2, 0.25) is 5.75 Å². The van der Waals surface area contributed by atoms with Crippen molar-refractivity contribution in [3.63, 3.8) is 0 Å². The molecule has 5 heteroatoms. The Morgan fingerprint density at radius 3 is 2.36 bits per heavy atom. The summed E-state index contributed by atoms with van der Waals surface area (Å²) < 4.78 is 0. The Hall–Kier alpha value is -1.91. The molecular weight excluding hydrogens is 188 g/mol. The average molecular weight is 198 g/mol. The molecule has 0 saturated heterocycles. The van der Waals surface area contributed by atoms with Crippen LogP contribution in [0.4, 0.5) is 0 Å². The summed E-state index contributed by atoms with van der Waals surface area (Å²) in [6.07, 6.45) is -0.312. The minimum Gasteiger partial charge on any atom is -0.504 e. The summed E-state index contributed by atoms with van der Waals surface area (Å²) in [6, 6.07) is 1.12. The number of carboxylic acids is 1. The van der Waals surface area contributed by atoms with Gasteiger partial charge >= 0.3 is 5.97 Å². The van der Waals surface area contributed by atoms with E-state index in [9.17, 15) is 9.90 Å². The van der Waals surface area contributed by atoms with Gasteiger partial charge in [-0.2, -0.15) is 0 Å². The normalized spacial score (nSPS) is 10.1. The fourth-order valence-corrected chi connectivity index (χ4v) is 1.14. The van der Waals surface area contributed by atoms with E-state index >= 15 is 0 Å². The van der Waals surface area contributed by atoms with Gasteiger partial charge in [0.25, 0.3) is 0 Å². The molecule has 0 spiro atoms. The molecule has 76 valence electrons. The molecule has 0 atom stereocenters. The minimum atomic E-state index is -1.07. The van der Waals surface area contributed by atoms with Crippen molar-refractivity contribution in [2.45, 2.75) is 13.3 Å². The second-order valence-electron chi connectivity index (χ2n) is 2.95. The first-order valence-corrected chi connectivity index (χ1v) is 3.88. The smallest absolute Gasteiger partial charge is 0.307 e. The fourth-order valence-electron chi connectivity index (χ4n) is 1.14. The lowest BCUT2D eigenvalue weighted by atomic mass is 10.0. The maximum absolute atomic E-state index is 10.4. The molecule has 0 aliphatic rings. The van der Waals surface area contributed by atoms with E-state index in [1.165, 1.54) is 6.92 Å². The van der Waals surface area contributed by atoms with Crippen LogP contribution in [0.15, 0.2) is 6.07 Å². The molecular formula is C9H10O5. The predicted molar refractivity (Wildman–Crippen MR) is 47.5 cm³/mol. The molecule has 0 bridgehead atoms. The van der Waals surface area contributed by atoms with Crippen molar-refractivity contribution in [3.8, 4) is 17.2 Å². The highest BCUT2D eigenvalue weighted by atomic mass is 16.4. The Balaban J connectivity index is 3.25. The van der Waals surface area contributed by atoms with Crippen molar-refractivity contribution in [2.24, 2.45) is 0 Å². The maximum atomic E-state index is 10.4. The Morgan fingerprint density at radius 1 is 1.29 bits per heavy atom. The van der Waals surface area contributed by atoms with Gasteiger partial charge < -0.3 is 20.4 Å². The monoisotopic (exact) mass is 198 g/mol. The lowest BCUT2D eigenvalue weighted by Gasteiger charge is -2.08. The number of hydrogen-bond acceptors (Lipinski definition) is 4. The van der Waals surface area contributed by atoms with Crippen molar-refractivity contribution in [1.82, 2.24) is 0 Å². The van der Waals surface area contributed by atoms with Crippen LogP contribution in [0.25, 0.3) is 0 Å². The van der Waals surface area contributed by atoms with Gasteiger partial charge in [-0.1, -0.05) is 0 Å². The lowest BCUT2D eigenvalue weighted by molar-refractivity contribution is -0.136. The van der Waals surface area contributed by atoms with Crippen molar-refractivity contribution >= 4 is 5.97 Å². The summed E-state index contributed by atoms with van der Waals surface area (Å²) >= 11 is 0. The Labute approximate surface area is 79.9 Å². The molecule has 0 fully saturated rings. The van der Waals surface area contributed by atoms with Crippen LogP contribution < -0.4 is 0 Å². The van der Waals surface area contributed by atoms with Gasteiger partial charge in [-0.3, -0.25) is 4.79 Å². The first kappa shape index (κ1) is 10.2. The van der Waals surface area contributed by atoms with E-state index in [0.29, 0.717) is 0 Å². The van der Waals surface area contributed by atoms with E-state index < -0.39 is 23.2 Å². The quantitative estimate of drug-likeness (QED) is 0.525. The van der Waals surface area contributed by atoms with Crippen LogP contribution in [-0.2, 0) is 11.2 Å². The zero-order valence-corrected chi connectivity index (χ0v) is 7.48. The topological polar surface area (TPSA) is 98.0 Å². The van der Waals surface area contributed by atoms with Crippen molar-refractivity contribution in [3.05, 3.63) is 17.2 Å². The van der Waals surface area contributed by atoms with Gasteiger partial charge in [-0.05, 0) is 24.1 Å². The van der Waals surface area contributed by atoms with Crippen LogP contribution in [0.5, 0.6) is 17.2 Å². The number of aliphatic carboxylic acids is 1. The molecule has 0 saturated carbocycles. The highest BCUT2D eigenvalue weighted by Gasteiger charge is 2.15. The van der Waals surface area contributed by atoms with Gasteiger partial charge in [0.1, 0.15) is 0 Å². The van der Waals surface area contributed by atoms with Gasteiger partial charge in [0.15, 0.2) is 11.5 Å². The summed E-state index contributed by atoms with van der Waals surface area (Å²) in [4.78, 5) is 10.4. The number of benzene rings is 1. The molecule has 0 unspecified atom stereocenters. The number of hydrogen-bond donors (Lipinski definition) is 4. The van der Waals surface area contributed by atoms with Gasteiger partial charge in [0.05, 0.1) is 6.42 Å². The standard InChI is InChI=1S/C9H10O5/c1-4-5(3-7(11)12)2-6(10)9(14)8(4)13/h2,10,13-14H,3H2,1H3,(H,11,12). The summed E-state index contributed by atoms with van der Waals surface area (Å²) in [5.74, 6) is -2.71. The molecule has 0 aromatic heterocycles. The van der Waals surface area contributed by atoms with Gasteiger partial charge in [-0.15, -0.1) is 0 Å². The highest BCUT2D eigenvalue weighted by Crippen LogP contribution is 2.39. The van der Waals surface area contributed by atoms with E-state index in [4.69, 9.17) is 15.3 Å². The van der Waals surface area contributed by atoms with E-state index in [-0.39, 0.29) is 17.5 Å². The molecule has 0 radical (unpaired) electrons. The fraction of sp³-hybridized carbons (Fsp3) is 0.222. The second kappa shape index (κ2) is 3.45. The predicted octanol–water partition coefficient (Wildman–Crippen LogP) is 0.739. The Kier molecular flexibility index (Phi) is 2.51. The summed E-state index contributed by atoms with van der Waals surface area (Å²) in [7, 11) is 0. The molecule has 1 rings (SSSR count). The van der Waals surface area contributed by atoms with Crippen molar-refractivity contribution in [2.75, 3.05) is 0 Å². The molecule has 0 aliphatic carbocycles. The van der Waals surface area contributed by atoms with Crippen LogP contribution in [0.3, 0.4) is 0 Å². The summed E-state index contributed by atoms with van der Waals surface area (Å²) in [5.41, 5.74) is 0.521. The van der Waals surface area contributed by atoms with Crippen molar-refractivity contribution in [1.29, 1.82) is 0 Å². The van der Waals surface area contributed by atoms with Gasteiger partial charge in [0, 0.05) is 0 Å². The number of phenolic OH excluding ortho intramolecular Hbond substituents is 3. The number of rotatable bonds is 2. The molecule has 0 aliphatic heterocycles. The third-order valence-corrected chi connectivity index (χ3v) is 1.96. The number of carbonyl (C=O) groups is 1.